The number of alkyl halides is 1. The summed E-state index contributed by atoms with van der Waals surface area (Å²) in [4.78, 5) is 19.9. The molecule has 1 unspecified atom stereocenters. The van der Waals surface area contributed by atoms with Crippen LogP contribution in [0.4, 0.5) is 21.6 Å². The van der Waals surface area contributed by atoms with Gasteiger partial charge in [-0.1, -0.05) is 12.1 Å². The van der Waals surface area contributed by atoms with Gasteiger partial charge in [0, 0.05) is 56.7 Å². The van der Waals surface area contributed by atoms with Crippen LogP contribution >= 0.6 is 0 Å². The van der Waals surface area contributed by atoms with Gasteiger partial charge in [0.2, 0.25) is 0 Å². The molecule has 3 N–H and O–H groups in total. The molecule has 38 heavy (non-hydrogen) atoms. The zero-order valence-corrected chi connectivity index (χ0v) is 21.3. The molecule has 2 aliphatic heterocycles. The lowest BCUT2D eigenvalue weighted by molar-refractivity contribution is -0.173. The summed E-state index contributed by atoms with van der Waals surface area (Å²) in [5.41, 5.74) is 2.69. The fraction of sp³-hybridized carbons (Fsp3) is 0.357. The van der Waals surface area contributed by atoms with E-state index in [1.807, 2.05) is 24.3 Å². The summed E-state index contributed by atoms with van der Waals surface area (Å²) in [6.07, 6.45) is 2.81. The van der Waals surface area contributed by atoms with Crippen molar-refractivity contribution in [2.24, 2.45) is 0 Å². The monoisotopic (exact) mass is 521 g/mol. The molecular formula is C28H32FN5O4. The second-order valence-electron chi connectivity index (χ2n) is 9.34. The molecule has 9 nitrogen and oxygen atoms in total. The molecule has 3 aromatic rings. The Morgan fingerprint density at radius 3 is 2.74 bits per heavy atom. The minimum Gasteiger partial charge on any atom is -0.423 e. The Bertz CT molecular complexity index is 1270. The number of halogens is 1. The van der Waals surface area contributed by atoms with Gasteiger partial charge in [0.15, 0.2) is 11.5 Å². The molecule has 2 aliphatic rings. The van der Waals surface area contributed by atoms with Crippen LogP contribution in [-0.4, -0.2) is 61.2 Å². The van der Waals surface area contributed by atoms with Crippen molar-refractivity contribution in [3.63, 3.8) is 0 Å². The van der Waals surface area contributed by atoms with Gasteiger partial charge in [0.05, 0.1) is 18.8 Å². The number of nitrogens with zero attached hydrogens (tertiary/aromatic N) is 2. The summed E-state index contributed by atoms with van der Waals surface area (Å²) in [6.45, 7) is 7.20. The maximum absolute atomic E-state index is 14.0. The van der Waals surface area contributed by atoms with E-state index in [1.165, 1.54) is 6.92 Å². The van der Waals surface area contributed by atoms with Gasteiger partial charge in [0.25, 0.3) is 5.91 Å². The van der Waals surface area contributed by atoms with Crippen LogP contribution in [0, 0.1) is 0 Å². The van der Waals surface area contributed by atoms with Crippen LogP contribution in [0.1, 0.15) is 29.3 Å². The molecule has 3 heterocycles. The van der Waals surface area contributed by atoms with Crippen molar-refractivity contribution in [1.82, 2.24) is 9.88 Å². The molecule has 1 fully saturated rings. The third-order valence-electron chi connectivity index (χ3n) is 6.33. The minimum absolute atomic E-state index is 0.238. The fourth-order valence-corrected chi connectivity index (χ4v) is 4.42. The molecule has 5 rings (SSSR count). The molecule has 10 heteroatoms. The van der Waals surface area contributed by atoms with Crippen LogP contribution in [0.25, 0.3) is 0 Å². The number of hydrogen-bond acceptors (Lipinski definition) is 8. The van der Waals surface area contributed by atoms with E-state index in [0.29, 0.717) is 29.2 Å². The van der Waals surface area contributed by atoms with E-state index in [1.54, 1.807) is 36.5 Å². The second-order valence-corrected chi connectivity index (χ2v) is 9.34. The van der Waals surface area contributed by atoms with E-state index < -0.39 is 6.04 Å². The number of pyridine rings is 1. The lowest BCUT2D eigenvalue weighted by Gasteiger charge is -2.26. The van der Waals surface area contributed by atoms with Crippen LogP contribution in [0.15, 0.2) is 60.8 Å². The number of para-hydroxylation sites is 1. The predicted molar refractivity (Wildman–Crippen MR) is 144 cm³/mol. The van der Waals surface area contributed by atoms with E-state index >= 15 is 0 Å². The number of hydrogen-bond donors (Lipinski definition) is 3. The average Bonchev–Trinajstić information content (AvgIpc) is 3.24. The molecule has 1 atom stereocenters. The number of morpholine rings is 1. The van der Waals surface area contributed by atoms with Crippen molar-refractivity contribution in [2.75, 3.05) is 55.3 Å². The zero-order chi connectivity index (χ0) is 26.4. The summed E-state index contributed by atoms with van der Waals surface area (Å²) in [5, 5.41) is 9.60. The third-order valence-corrected chi connectivity index (χ3v) is 6.33. The lowest BCUT2D eigenvalue weighted by atomic mass is 10.1. The average molecular weight is 522 g/mol. The van der Waals surface area contributed by atoms with Gasteiger partial charge in [-0.05, 0) is 54.9 Å². The van der Waals surface area contributed by atoms with Gasteiger partial charge in [-0.2, -0.15) is 4.39 Å². The molecular weight excluding hydrogens is 489 g/mol. The summed E-state index contributed by atoms with van der Waals surface area (Å²) in [6, 6.07) is 13.8. The molecule has 200 valence electrons. The quantitative estimate of drug-likeness (QED) is 0.336. The second kappa shape index (κ2) is 11.7. The van der Waals surface area contributed by atoms with Gasteiger partial charge >= 0.3 is 6.04 Å². The molecule has 0 aliphatic carbocycles. The Kier molecular flexibility index (Phi) is 7.90. The molecule has 1 amide bonds. The number of fused-ring (bicyclic) bond motifs is 1. The van der Waals surface area contributed by atoms with Gasteiger partial charge < -0.3 is 30.2 Å². The van der Waals surface area contributed by atoms with Crippen molar-refractivity contribution in [1.29, 1.82) is 0 Å². The fourth-order valence-electron chi connectivity index (χ4n) is 4.42. The number of amides is 1. The van der Waals surface area contributed by atoms with E-state index in [9.17, 15) is 9.18 Å². The first-order valence-corrected chi connectivity index (χ1v) is 12.8. The summed E-state index contributed by atoms with van der Waals surface area (Å²) in [7, 11) is 0. The van der Waals surface area contributed by atoms with Crippen LogP contribution in [0.5, 0.6) is 11.5 Å². The SMILES string of the molecule is CC1(F)Oc2ccc(NC(=O)c3ccccc3NCc3ccnc(NCCCN4CCOCC4)c3)cc2O1. The Balaban J connectivity index is 1.15. The van der Waals surface area contributed by atoms with Crippen LogP contribution in [0.3, 0.4) is 0 Å². The van der Waals surface area contributed by atoms with E-state index in [4.69, 9.17) is 14.2 Å². The summed E-state index contributed by atoms with van der Waals surface area (Å²) < 4.78 is 29.6. The Morgan fingerprint density at radius 2 is 1.87 bits per heavy atom. The van der Waals surface area contributed by atoms with E-state index in [2.05, 4.69) is 25.8 Å². The maximum Gasteiger partial charge on any atom is 0.404 e. The molecule has 1 aromatic heterocycles. The molecule has 0 spiro atoms. The lowest BCUT2D eigenvalue weighted by Crippen LogP contribution is -2.37. The van der Waals surface area contributed by atoms with Crippen molar-refractivity contribution in [3.8, 4) is 11.5 Å². The number of nitrogens with one attached hydrogen (secondary N) is 3. The molecule has 2 aromatic carbocycles. The summed E-state index contributed by atoms with van der Waals surface area (Å²) >= 11 is 0. The standard InChI is InChI=1S/C28H32FN5O4/c1-28(29)37-24-8-7-21(18-25(24)38-28)33-27(35)22-5-2-3-6-23(22)32-19-20-9-11-31-26(17-20)30-10-4-12-34-13-15-36-16-14-34/h2-3,5-9,11,17-18,32H,4,10,12-16,19H2,1H3,(H,30,31)(H,33,35). The maximum atomic E-state index is 14.0. The highest BCUT2D eigenvalue weighted by Crippen LogP contribution is 2.41. The number of benzene rings is 2. The van der Waals surface area contributed by atoms with Gasteiger partial charge in [0.1, 0.15) is 5.82 Å². The van der Waals surface area contributed by atoms with Crippen LogP contribution < -0.4 is 25.4 Å². The van der Waals surface area contributed by atoms with Gasteiger partial charge in [-0.3, -0.25) is 9.69 Å². The Hall–Kier alpha value is -3.89. The van der Waals surface area contributed by atoms with Crippen molar-refractivity contribution in [3.05, 3.63) is 71.9 Å². The van der Waals surface area contributed by atoms with Gasteiger partial charge in [-0.15, -0.1) is 0 Å². The normalized spacial score (nSPS) is 18.7. The highest BCUT2D eigenvalue weighted by Gasteiger charge is 2.36. The first kappa shape index (κ1) is 25.7. The smallest absolute Gasteiger partial charge is 0.404 e. The summed E-state index contributed by atoms with van der Waals surface area (Å²) in [5.74, 6) is 1.05. The molecule has 0 saturated carbocycles. The first-order valence-electron chi connectivity index (χ1n) is 12.8. The van der Waals surface area contributed by atoms with Crippen molar-refractivity contribution < 1.29 is 23.4 Å². The Morgan fingerprint density at radius 1 is 1.05 bits per heavy atom. The van der Waals surface area contributed by atoms with Crippen molar-refractivity contribution in [2.45, 2.75) is 25.9 Å². The van der Waals surface area contributed by atoms with Crippen LogP contribution in [-0.2, 0) is 11.3 Å². The predicted octanol–water partition coefficient (Wildman–Crippen LogP) is 4.49. The van der Waals surface area contributed by atoms with Gasteiger partial charge in [-0.25, -0.2) is 4.98 Å². The van der Waals surface area contributed by atoms with Crippen molar-refractivity contribution >= 4 is 23.1 Å². The number of ether oxygens (including phenoxy) is 3. The van der Waals surface area contributed by atoms with E-state index in [0.717, 1.165) is 57.2 Å². The van der Waals surface area contributed by atoms with Crippen LogP contribution in [0.2, 0.25) is 0 Å². The minimum atomic E-state index is -2.22. The first-order chi connectivity index (χ1) is 18.4. The third kappa shape index (κ3) is 6.70. The Labute approximate surface area is 221 Å². The number of anilines is 3. The highest BCUT2D eigenvalue weighted by atomic mass is 19.2. The number of aromatic nitrogens is 1. The zero-order valence-electron chi connectivity index (χ0n) is 21.3. The molecule has 1 saturated heterocycles. The molecule has 0 bridgehead atoms. The van der Waals surface area contributed by atoms with E-state index in [-0.39, 0.29) is 11.7 Å². The topological polar surface area (TPSA) is 97.0 Å². The number of carbonyl (C=O) groups excluding carboxylic acids is 1. The number of carbonyl (C=O) groups is 1. The highest BCUT2D eigenvalue weighted by molar-refractivity contribution is 6.08. The molecule has 0 radical (unpaired) electrons. The largest absolute Gasteiger partial charge is 0.423 e. The number of rotatable bonds is 10.